The first-order chi connectivity index (χ1) is 13.0. The number of esters is 1. The Morgan fingerprint density at radius 2 is 2.11 bits per heavy atom. The number of hydrogen-bond acceptors (Lipinski definition) is 6. The molecule has 3 aliphatic rings. The van der Waals surface area contributed by atoms with Crippen LogP contribution in [-0.2, 0) is 20.9 Å². The minimum atomic E-state index is -0.868. The predicted octanol–water partition coefficient (Wildman–Crippen LogP) is 1.96. The van der Waals surface area contributed by atoms with Crippen LogP contribution in [0, 0.1) is 5.92 Å². The van der Waals surface area contributed by atoms with Crippen LogP contribution in [0.25, 0.3) is 0 Å². The Labute approximate surface area is 156 Å². The van der Waals surface area contributed by atoms with Gasteiger partial charge in [-0.3, -0.25) is 14.5 Å². The fourth-order valence-electron chi connectivity index (χ4n) is 4.01. The summed E-state index contributed by atoms with van der Waals surface area (Å²) in [4.78, 5) is 38.3. The molecule has 27 heavy (non-hydrogen) atoms. The van der Waals surface area contributed by atoms with Gasteiger partial charge in [-0.2, -0.15) is 0 Å². The monoisotopic (exact) mass is 374 g/mol. The number of benzene rings is 1. The largest absolute Gasteiger partial charge is 0.459 e. The van der Waals surface area contributed by atoms with Gasteiger partial charge in [-0.25, -0.2) is 4.79 Å². The summed E-state index contributed by atoms with van der Waals surface area (Å²) < 4.78 is 15.8. The van der Waals surface area contributed by atoms with Crippen LogP contribution < -0.4 is 14.8 Å². The van der Waals surface area contributed by atoms with Crippen LogP contribution >= 0.6 is 0 Å². The van der Waals surface area contributed by atoms with E-state index in [1.54, 1.807) is 18.2 Å². The van der Waals surface area contributed by atoms with Gasteiger partial charge in [0.2, 0.25) is 6.79 Å². The van der Waals surface area contributed by atoms with Gasteiger partial charge in [-0.05, 0) is 36.5 Å². The highest BCUT2D eigenvalue weighted by molar-refractivity contribution is 6.08. The zero-order valence-corrected chi connectivity index (χ0v) is 15.2. The second-order valence-electron chi connectivity index (χ2n) is 7.29. The van der Waals surface area contributed by atoms with Gasteiger partial charge in [0, 0.05) is 0 Å². The normalized spacial score (nSPS) is 26.4. The molecule has 2 heterocycles. The van der Waals surface area contributed by atoms with Gasteiger partial charge in [0.15, 0.2) is 11.5 Å². The summed E-state index contributed by atoms with van der Waals surface area (Å²) in [5.41, 5.74) is -0.130. The fourth-order valence-corrected chi connectivity index (χ4v) is 4.01. The lowest BCUT2D eigenvalue weighted by atomic mass is 9.73. The molecule has 0 unspecified atom stereocenters. The molecule has 8 nitrogen and oxygen atoms in total. The molecular weight excluding hydrogens is 352 g/mol. The summed E-state index contributed by atoms with van der Waals surface area (Å²) in [5.74, 6) is 0.357. The van der Waals surface area contributed by atoms with Crippen molar-refractivity contribution in [2.75, 3.05) is 13.3 Å². The fraction of sp³-hybridized carbons (Fsp3) is 0.526. The van der Waals surface area contributed by atoms with E-state index in [4.69, 9.17) is 14.2 Å². The molecule has 1 aromatic carbocycles. The lowest BCUT2D eigenvalue weighted by Crippen LogP contribution is -2.54. The van der Waals surface area contributed by atoms with Crippen LogP contribution in [0.15, 0.2) is 18.2 Å². The average molecular weight is 374 g/mol. The Hall–Kier alpha value is -2.77. The second kappa shape index (κ2) is 6.75. The molecule has 4 rings (SSSR count). The van der Waals surface area contributed by atoms with Crippen molar-refractivity contribution < 1.29 is 28.6 Å². The third-order valence-electron chi connectivity index (χ3n) is 5.63. The molecule has 2 aliphatic heterocycles. The molecule has 0 aromatic heterocycles. The number of carbonyl (C=O) groups is 3. The minimum absolute atomic E-state index is 0.0284. The van der Waals surface area contributed by atoms with E-state index in [9.17, 15) is 14.4 Å². The van der Waals surface area contributed by atoms with Gasteiger partial charge in [-0.1, -0.05) is 25.8 Å². The second-order valence-corrected chi connectivity index (χ2v) is 7.29. The Balaban J connectivity index is 1.36. The predicted molar refractivity (Wildman–Crippen MR) is 93.0 cm³/mol. The molecule has 8 heteroatoms. The zero-order valence-electron chi connectivity index (χ0n) is 15.2. The van der Waals surface area contributed by atoms with Crippen molar-refractivity contribution in [3.8, 4) is 11.5 Å². The Kier molecular flexibility index (Phi) is 4.41. The minimum Gasteiger partial charge on any atom is -0.459 e. The number of amides is 3. The van der Waals surface area contributed by atoms with E-state index in [1.165, 1.54) is 0 Å². The third-order valence-corrected chi connectivity index (χ3v) is 5.63. The highest BCUT2D eigenvalue weighted by Crippen LogP contribution is 2.38. The molecule has 1 saturated carbocycles. The maximum Gasteiger partial charge on any atom is 0.326 e. The van der Waals surface area contributed by atoms with E-state index in [1.807, 2.05) is 6.92 Å². The summed E-state index contributed by atoms with van der Waals surface area (Å²) in [6.07, 6.45) is 3.43. The Morgan fingerprint density at radius 3 is 2.93 bits per heavy atom. The number of nitrogens with zero attached hydrogens (tertiary/aromatic N) is 1. The van der Waals surface area contributed by atoms with E-state index in [-0.39, 0.29) is 31.8 Å². The summed E-state index contributed by atoms with van der Waals surface area (Å²) in [5, 5.41) is 2.83. The van der Waals surface area contributed by atoms with E-state index in [0.717, 1.165) is 29.7 Å². The number of imide groups is 1. The summed E-state index contributed by atoms with van der Waals surface area (Å²) in [6.45, 7) is 1.79. The smallest absolute Gasteiger partial charge is 0.326 e. The summed E-state index contributed by atoms with van der Waals surface area (Å²) in [6, 6.07) is 4.74. The molecule has 0 bridgehead atoms. The number of rotatable bonds is 4. The van der Waals surface area contributed by atoms with Crippen molar-refractivity contribution in [2.24, 2.45) is 5.92 Å². The Bertz CT molecular complexity index is 794. The summed E-state index contributed by atoms with van der Waals surface area (Å²) >= 11 is 0. The van der Waals surface area contributed by atoms with Crippen LogP contribution in [0.2, 0.25) is 0 Å². The standard InChI is InChI=1S/C19H22N2O6/c1-12-4-2-3-7-19(12)17(23)21(18(24)20-19)9-16(22)25-10-13-5-6-14-15(8-13)27-11-26-14/h5-6,8,12H,2-4,7,9-11H2,1H3,(H,20,24)/t12-,19+/m0/s1. The van der Waals surface area contributed by atoms with E-state index >= 15 is 0 Å². The molecule has 3 amide bonds. The molecule has 1 N–H and O–H groups in total. The number of nitrogens with one attached hydrogen (secondary N) is 1. The van der Waals surface area contributed by atoms with Crippen molar-refractivity contribution in [3.05, 3.63) is 23.8 Å². The lowest BCUT2D eigenvalue weighted by Gasteiger charge is -2.36. The number of fused-ring (bicyclic) bond motifs is 1. The molecule has 2 atom stereocenters. The number of carbonyl (C=O) groups excluding carboxylic acids is 3. The topological polar surface area (TPSA) is 94.2 Å². The van der Waals surface area contributed by atoms with Gasteiger partial charge < -0.3 is 19.5 Å². The first-order valence-electron chi connectivity index (χ1n) is 9.18. The van der Waals surface area contributed by atoms with E-state index < -0.39 is 17.5 Å². The van der Waals surface area contributed by atoms with E-state index in [0.29, 0.717) is 17.9 Å². The van der Waals surface area contributed by atoms with Crippen LogP contribution in [0.4, 0.5) is 4.79 Å². The first kappa shape index (κ1) is 17.6. The zero-order chi connectivity index (χ0) is 19.0. The van der Waals surface area contributed by atoms with Gasteiger partial charge in [0.25, 0.3) is 5.91 Å². The van der Waals surface area contributed by atoms with Gasteiger partial charge >= 0.3 is 12.0 Å². The highest BCUT2D eigenvalue weighted by Gasteiger charge is 2.55. The van der Waals surface area contributed by atoms with Gasteiger partial charge in [-0.15, -0.1) is 0 Å². The third kappa shape index (κ3) is 3.09. The van der Waals surface area contributed by atoms with Crippen molar-refractivity contribution in [1.82, 2.24) is 10.2 Å². The van der Waals surface area contributed by atoms with Crippen molar-refractivity contribution >= 4 is 17.9 Å². The Morgan fingerprint density at radius 1 is 1.30 bits per heavy atom. The van der Waals surface area contributed by atoms with Crippen LogP contribution in [0.1, 0.15) is 38.2 Å². The average Bonchev–Trinajstić information content (AvgIpc) is 3.21. The van der Waals surface area contributed by atoms with Crippen molar-refractivity contribution in [3.63, 3.8) is 0 Å². The maximum atomic E-state index is 12.8. The van der Waals surface area contributed by atoms with Crippen molar-refractivity contribution in [2.45, 2.75) is 44.8 Å². The molecule has 1 spiro atoms. The molecule has 1 aromatic rings. The number of urea groups is 1. The molecule has 0 radical (unpaired) electrons. The lowest BCUT2D eigenvalue weighted by molar-refractivity contribution is -0.149. The maximum absolute atomic E-state index is 12.8. The summed E-state index contributed by atoms with van der Waals surface area (Å²) in [7, 11) is 0. The molecule has 2 fully saturated rings. The molecule has 1 saturated heterocycles. The van der Waals surface area contributed by atoms with E-state index in [2.05, 4.69) is 5.32 Å². The molecule has 144 valence electrons. The quantitative estimate of drug-likeness (QED) is 0.640. The SMILES string of the molecule is C[C@H]1CCCC[C@@]12NC(=O)N(CC(=O)OCc1ccc3c(c1)OCO3)C2=O. The number of hydrogen-bond donors (Lipinski definition) is 1. The van der Waals surface area contributed by atoms with Crippen LogP contribution in [0.5, 0.6) is 11.5 Å². The van der Waals surface area contributed by atoms with Gasteiger partial charge in [0.1, 0.15) is 18.7 Å². The first-order valence-corrected chi connectivity index (χ1v) is 9.18. The van der Waals surface area contributed by atoms with Crippen LogP contribution in [0.3, 0.4) is 0 Å². The highest BCUT2D eigenvalue weighted by atomic mass is 16.7. The molecular formula is C19H22N2O6. The number of ether oxygens (including phenoxy) is 3. The molecule has 1 aliphatic carbocycles. The van der Waals surface area contributed by atoms with Gasteiger partial charge in [0.05, 0.1) is 0 Å². The van der Waals surface area contributed by atoms with Crippen LogP contribution in [-0.4, -0.2) is 41.7 Å². The van der Waals surface area contributed by atoms with Crippen molar-refractivity contribution in [1.29, 1.82) is 0 Å².